The third kappa shape index (κ3) is 11.0. The van der Waals surface area contributed by atoms with Gasteiger partial charge in [-0.05, 0) is 43.7 Å². The highest BCUT2D eigenvalue weighted by Gasteiger charge is 2.50. The van der Waals surface area contributed by atoms with E-state index in [2.05, 4.69) is 42.9 Å². The predicted octanol–water partition coefficient (Wildman–Crippen LogP) is 4.61. The molecule has 3 aromatic carbocycles. The van der Waals surface area contributed by atoms with E-state index in [0.717, 1.165) is 25.1 Å². The number of fused-ring (bicyclic) bond motifs is 3. The second-order valence-corrected chi connectivity index (χ2v) is 17.9. The highest BCUT2D eigenvalue weighted by molar-refractivity contribution is 8.93. The van der Waals surface area contributed by atoms with E-state index in [1.807, 2.05) is 4.68 Å². The highest BCUT2D eigenvalue weighted by atomic mass is 79.9. The van der Waals surface area contributed by atoms with Gasteiger partial charge in [-0.3, -0.25) is 19.2 Å². The van der Waals surface area contributed by atoms with Crippen LogP contribution in [0.4, 0.5) is 0 Å². The van der Waals surface area contributed by atoms with E-state index < -0.39 is 107 Å². The molecule has 0 spiro atoms. The van der Waals surface area contributed by atoms with Crippen LogP contribution in [0.25, 0.3) is 11.4 Å². The molecule has 0 bridgehead atoms. The quantitative estimate of drug-likeness (QED) is 0.0449. The second-order valence-electron chi connectivity index (χ2n) is 17.9. The molecule has 2 aromatic heterocycles. The maximum absolute atomic E-state index is 14.0. The molecular weight excluding hydrogens is 988 g/mol. The second kappa shape index (κ2) is 22.8. The number of unbranched alkanes of at least 4 members (excludes halogenated alkanes) is 7. The summed E-state index contributed by atoms with van der Waals surface area (Å²) in [5.74, 6) is -4.73. The van der Waals surface area contributed by atoms with Gasteiger partial charge < -0.3 is 49.8 Å². The van der Waals surface area contributed by atoms with Crippen LogP contribution >= 0.6 is 17.0 Å². The van der Waals surface area contributed by atoms with Crippen molar-refractivity contribution in [2.24, 2.45) is 0 Å². The molecule has 1 fully saturated rings. The topological polar surface area (TPSA) is 301 Å². The highest BCUT2D eigenvalue weighted by Crippen LogP contribution is 2.52. The third-order valence-corrected chi connectivity index (χ3v) is 13.2. The van der Waals surface area contributed by atoms with Crippen molar-refractivity contribution in [3.8, 4) is 34.4 Å². The lowest BCUT2D eigenvalue weighted by molar-refractivity contribution is -0.249. The summed E-state index contributed by atoms with van der Waals surface area (Å²) in [6.45, 7) is 3.67. The number of carbonyl (C=O) groups is 4. The van der Waals surface area contributed by atoms with Gasteiger partial charge in [0.15, 0.2) is 17.9 Å². The van der Waals surface area contributed by atoms with Crippen LogP contribution < -0.4 is 14.8 Å². The average molecular weight is 1050 g/mol. The summed E-state index contributed by atoms with van der Waals surface area (Å²) in [4.78, 5) is 54.4. The Morgan fingerprint density at radius 1 is 0.915 bits per heavy atom. The van der Waals surface area contributed by atoms with Crippen LogP contribution in [0, 0.1) is 0 Å². The number of nitrogens with zero attached hydrogens (tertiary/aromatic N) is 7. The van der Waals surface area contributed by atoms with Crippen molar-refractivity contribution in [3.05, 3.63) is 93.6 Å². The first kappa shape index (κ1) is 52.5. The molecule has 378 valence electrons. The van der Waals surface area contributed by atoms with Gasteiger partial charge in [-0.1, -0.05) is 69.2 Å². The molecule has 21 nitrogen and oxygen atoms in total. The third-order valence-electron chi connectivity index (χ3n) is 13.2. The molecule has 22 heteroatoms. The molecule has 5 aromatic rings. The lowest BCUT2D eigenvalue weighted by atomic mass is 9.72. The Balaban J connectivity index is 0.00000741. The van der Waals surface area contributed by atoms with E-state index in [1.165, 1.54) is 70.8 Å². The number of aromatic hydroxyl groups is 2. The molecule has 0 unspecified atom stereocenters. The SMILES string of the molecule is Br.CCCCCCCCCCn1nncc1COc1ccc(-c2nnc(C(=O)N[C@H]3C[C@H](O[C@H]4C[C@](O)(C(=O)CO)Cc5c(O)c6c(c(O)c54)C(=O)c4c(OC)cccc4C6=O)O[C@@H](C)[C@H]3O)nn2)cc1. The molecule has 3 aliphatic rings. The number of phenols is 2. The van der Waals surface area contributed by atoms with Crippen LogP contribution in [-0.4, -0.2) is 128 Å². The first-order chi connectivity index (χ1) is 33.8. The van der Waals surface area contributed by atoms with Crippen LogP contribution in [0.2, 0.25) is 0 Å². The van der Waals surface area contributed by atoms with E-state index in [4.69, 9.17) is 18.9 Å². The van der Waals surface area contributed by atoms with Crippen LogP contribution in [0.15, 0.2) is 48.7 Å². The van der Waals surface area contributed by atoms with E-state index in [9.17, 15) is 44.7 Å². The van der Waals surface area contributed by atoms with Crippen molar-refractivity contribution in [3.63, 3.8) is 0 Å². The Hall–Kier alpha value is -6.30. The van der Waals surface area contributed by atoms with Gasteiger partial charge in [0, 0.05) is 48.1 Å². The molecule has 8 rings (SSSR count). The number of aromatic nitrogens is 7. The van der Waals surface area contributed by atoms with Crippen LogP contribution in [-0.2, 0) is 33.8 Å². The molecule has 0 radical (unpaired) electrons. The van der Waals surface area contributed by atoms with Gasteiger partial charge in [-0.2, -0.15) is 0 Å². The number of phenolic OH excluding ortho intramolecular Hbond substituents is 2. The number of hydrogen-bond acceptors (Lipinski definition) is 19. The number of ketones is 3. The smallest absolute Gasteiger partial charge is 0.293 e. The molecule has 6 atom stereocenters. The number of methoxy groups -OCH3 is 1. The summed E-state index contributed by atoms with van der Waals surface area (Å²) < 4.78 is 25.4. The lowest BCUT2D eigenvalue weighted by Crippen LogP contribution is -2.56. The van der Waals surface area contributed by atoms with Crippen molar-refractivity contribution in [2.45, 2.75) is 134 Å². The molecular formula is C49H57BrN8O13. The first-order valence-corrected chi connectivity index (χ1v) is 23.5. The monoisotopic (exact) mass is 1040 g/mol. The normalized spacial score (nSPS) is 21.4. The van der Waals surface area contributed by atoms with Gasteiger partial charge in [0.05, 0.1) is 53.9 Å². The number of aliphatic hydroxyl groups excluding tert-OH is 2. The van der Waals surface area contributed by atoms with Crippen LogP contribution in [0.5, 0.6) is 23.0 Å². The Morgan fingerprint density at radius 2 is 1.61 bits per heavy atom. The maximum atomic E-state index is 14.0. The number of carbonyl (C=O) groups excluding carboxylic acids is 4. The Labute approximate surface area is 418 Å². The summed E-state index contributed by atoms with van der Waals surface area (Å²) in [6.07, 6.45) is 4.77. The number of Topliss-reactive ketones (excluding diaryl/α,β-unsaturated/α-hetero) is 1. The number of aliphatic hydroxyl groups is 3. The Bertz CT molecular complexity index is 2740. The van der Waals surface area contributed by atoms with Gasteiger partial charge in [-0.15, -0.1) is 42.5 Å². The molecule has 1 amide bonds. The van der Waals surface area contributed by atoms with Crippen LogP contribution in [0.1, 0.15) is 143 Å². The fourth-order valence-corrected chi connectivity index (χ4v) is 9.36. The Kier molecular flexibility index (Phi) is 16.9. The van der Waals surface area contributed by atoms with Crippen molar-refractivity contribution in [2.75, 3.05) is 13.7 Å². The van der Waals surface area contributed by atoms with Gasteiger partial charge in [0.25, 0.3) is 11.7 Å². The van der Waals surface area contributed by atoms with Gasteiger partial charge >= 0.3 is 0 Å². The minimum atomic E-state index is -2.38. The summed E-state index contributed by atoms with van der Waals surface area (Å²) in [5, 5.41) is 83.2. The number of aryl methyl sites for hydroxylation is 1. The molecule has 71 heavy (non-hydrogen) atoms. The fourth-order valence-electron chi connectivity index (χ4n) is 9.36. The Morgan fingerprint density at radius 3 is 2.30 bits per heavy atom. The lowest BCUT2D eigenvalue weighted by Gasteiger charge is -2.42. The molecule has 1 aliphatic heterocycles. The number of amides is 1. The number of halogens is 1. The number of hydrogen-bond donors (Lipinski definition) is 6. The van der Waals surface area contributed by atoms with E-state index in [0.29, 0.717) is 11.3 Å². The standard InChI is InChI=1S/C49H56N8O13.BrH/c1-4-5-6-7-8-9-10-11-19-57-28(23-50-56-57)25-68-29-17-15-27(16-18-29)46-52-54-47(55-53-46)48(65)51-32-20-36(69-26(2)41(32)60)70-34-22-49(66,35(59)24-58)21-31-38(34)45(64)40-39(43(31)62)42(61)30-13-12-14-33(67-3)37(30)44(40)63;/h12-18,23,26,32,34,36,41,58,60,62,64,66H,4-11,19-22,24-25H2,1-3H3,(H,51,65);1H/t26-,32-,34-,36-,41+,49-;/m0./s1. The zero-order valence-corrected chi connectivity index (χ0v) is 41.2. The zero-order chi connectivity index (χ0) is 49.7. The summed E-state index contributed by atoms with van der Waals surface area (Å²) in [7, 11) is 1.30. The summed E-state index contributed by atoms with van der Waals surface area (Å²) >= 11 is 0. The van der Waals surface area contributed by atoms with Gasteiger partial charge in [0.1, 0.15) is 47.9 Å². The van der Waals surface area contributed by atoms with Crippen molar-refractivity contribution in [1.29, 1.82) is 0 Å². The first-order valence-electron chi connectivity index (χ1n) is 23.5. The van der Waals surface area contributed by atoms with Crippen molar-refractivity contribution < 1.29 is 63.7 Å². The molecule has 3 heterocycles. The molecule has 2 aliphatic carbocycles. The molecule has 0 saturated carbocycles. The predicted molar refractivity (Wildman–Crippen MR) is 255 cm³/mol. The average Bonchev–Trinajstić information content (AvgIpc) is 3.82. The van der Waals surface area contributed by atoms with Crippen molar-refractivity contribution in [1.82, 2.24) is 40.7 Å². The maximum Gasteiger partial charge on any atom is 0.293 e. The van der Waals surface area contributed by atoms with Gasteiger partial charge in [-0.25, -0.2) is 4.68 Å². The van der Waals surface area contributed by atoms with E-state index >= 15 is 0 Å². The molecule has 1 saturated heterocycles. The van der Waals surface area contributed by atoms with E-state index in [-0.39, 0.29) is 63.8 Å². The number of ether oxygens (including phenoxy) is 4. The van der Waals surface area contributed by atoms with Crippen molar-refractivity contribution >= 4 is 40.2 Å². The van der Waals surface area contributed by atoms with Gasteiger partial charge in [0.2, 0.25) is 11.6 Å². The minimum Gasteiger partial charge on any atom is -0.507 e. The molecule has 6 N–H and O–H groups in total. The number of benzene rings is 3. The van der Waals surface area contributed by atoms with E-state index in [1.54, 1.807) is 30.5 Å². The fraction of sp³-hybridized carbons (Fsp3) is 0.469. The van der Waals surface area contributed by atoms with Crippen LogP contribution in [0.3, 0.4) is 0 Å². The minimum absolute atomic E-state index is 0. The number of nitrogens with one attached hydrogen (secondary N) is 1. The largest absolute Gasteiger partial charge is 0.507 e. The summed E-state index contributed by atoms with van der Waals surface area (Å²) in [6, 6.07) is 10.1. The zero-order valence-electron chi connectivity index (χ0n) is 39.4. The summed E-state index contributed by atoms with van der Waals surface area (Å²) in [5.41, 5.74) is -2.80. The number of rotatable bonds is 20.